The summed E-state index contributed by atoms with van der Waals surface area (Å²) in [5, 5.41) is 12.7. The molecule has 0 saturated carbocycles. The first kappa shape index (κ1) is 17.1. The Bertz CT molecular complexity index is 998. The number of fused-ring (bicyclic) bond motifs is 1. The van der Waals surface area contributed by atoms with Gasteiger partial charge >= 0.3 is 5.97 Å². The van der Waals surface area contributed by atoms with Crippen LogP contribution in [0.15, 0.2) is 51.6 Å². The molecule has 0 saturated heterocycles. The van der Waals surface area contributed by atoms with Gasteiger partial charge in [0.15, 0.2) is 4.96 Å². The SMILES string of the molecule is O=C(CSc1ccccc1[N+](=O)[O-])OCc1cc(=O)n2ccsc2n1. The number of para-hydroxylation sites is 1. The number of hydrogen-bond acceptors (Lipinski definition) is 8. The van der Waals surface area contributed by atoms with Crippen molar-refractivity contribution in [1.29, 1.82) is 0 Å². The molecule has 0 aliphatic rings. The molecule has 2 heterocycles. The van der Waals surface area contributed by atoms with E-state index in [0.29, 0.717) is 15.6 Å². The van der Waals surface area contributed by atoms with Crippen LogP contribution in [0.4, 0.5) is 5.69 Å². The van der Waals surface area contributed by atoms with Crippen LogP contribution in [0.3, 0.4) is 0 Å². The number of nitrogens with zero attached hydrogens (tertiary/aromatic N) is 3. The van der Waals surface area contributed by atoms with Gasteiger partial charge in [-0.1, -0.05) is 12.1 Å². The lowest BCUT2D eigenvalue weighted by Crippen LogP contribution is -2.15. The smallest absolute Gasteiger partial charge is 0.316 e. The number of nitro benzene ring substituents is 1. The molecule has 0 aliphatic heterocycles. The van der Waals surface area contributed by atoms with E-state index in [-0.39, 0.29) is 23.6 Å². The van der Waals surface area contributed by atoms with Gasteiger partial charge in [-0.15, -0.1) is 23.1 Å². The third kappa shape index (κ3) is 4.03. The number of carbonyl (C=O) groups excluding carboxylic acids is 1. The number of thiazole rings is 1. The summed E-state index contributed by atoms with van der Waals surface area (Å²) >= 11 is 2.33. The van der Waals surface area contributed by atoms with E-state index >= 15 is 0 Å². The summed E-state index contributed by atoms with van der Waals surface area (Å²) in [5.41, 5.74) is 0.0567. The zero-order chi connectivity index (χ0) is 17.8. The minimum absolute atomic E-state index is 0.0573. The van der Waals surface area contributed by atoms with Gasteiger partial charge < -0.3 is 4.74 Å². The summed E-state index contributed by atoms with van der Waals surface area (Å²) in [7, 11) is 0. The van der Waals surface area contributed by atoms with E-state index in [9.17, 15) is 19.7 Å². The number of thioether (sulfide) groups is 1. The summed E-state index contributed by atoms with van der Waals surface area (Å²) in [4.78, 5) is 39.3. The molecule has 10 heteroatoms. The number of aromatic nitrogens is 2. The van der Waals surface area contributed by atoms with E-state index in [4.69, 9.17) is 4.74 Å². The van der Waals surface area contributed by atoms with Gasteiger partial charge in [-0.2, -0.15) is 0 Å². The molecule has 0 unspecified atom stereocenters. The van der Waals surface area contributed by atoms with Crippen molar-refractivity contribution in [2.75, 3.05) is 5.75 Å². The summed E-state index contributed by atoms with van der Waals surface area (Å²) in [6, 6.07) is 7.48. The average Bonchev–Trinajstić information content (AvgIpc) is 3.07. The molecule has 0 radical (unpaired) electrons. The zero-order valence-electron chi connectivity index (χ0n) is 12.7. The van der Waals surface area contributed by atoms with Gasteiger partial charge in [0.05, 0.1) is 21.3 Å². The molecule has 0 spiro atoms. The van der Waals surface area contributed by atoms with E-state index in [1.54, 1.807) is 29.8 Å². The third-order valence-electron chi connectivity index (χ3n) is 3.14. The van der Waals surface area contributed by atoms with Crippen LogP contribution in [-0.2, 0) is 16.1 Å². The number of carbonyl (C=O) groups is 1. The predicted octanol–water partition coefficient (Wildman–Crippen LogP) is 2.50. The average molecular weight is 377 g/mol. The van der Waals surface area contributed by atoms with Gasteiger partial charge in [0, 0.05) is 23.7 Å². The molecule has 0 aliphatic carbocycles. The molecule has 0 N–H and O–H groups in total. The van der Waals surface area contributed by atoms with Crippen molar-refractivity contribution in [3.63, 3.8) is 0 Å². The fourth-order valence-corrected chi connectivity index (χ4v) is 3.59. The standard InChI is InChI=1S/C15H11N3O5S2/c19-13-7-10(16-15-17(13)5-6-24-15)8-23-14(20)9-25-12-4-2-1-3-11(12)18(21)22/h1-7H,8-9H2. The number of hydrogen-bond donors (Lipinski definition) is 0. The van der Waals surface area contributed by atoms with Gasteiger partial charge in [-0.05, 0) is 6.07 Å². The zero-order valence-corrected chi connectivity index (χ0v) is 14.3. The first-order valence-corrected chi connectivity index (χ1v) is 8.89. The molecule has 1 aromatic carbocycles. The topological polar surface area (TPSA) is 104 Å². The van der Waals surface area contributed by atoms with Crippen LogP contribution in [0.25, 0.3) is 4.96 Å². The first-order chi connectivity index (χ1) is 12.0. The van der Waals surface area contributed by atoms with E-state index in [1.807, 2.05) is 0 Å². The maximum atomic E-state index is 11.8. The molecular weight excluding hydrogens is 366 g/mol. The second-order valence-electron chi connectivity index (χ2n) is 4.82. The highest BCUT2D eigenvalue weighted by molar-refractivity contribution is 8.00. The van der Waals surface area contributed by atoms with Crippen molar-refractivity contribution in [3.05, 3.63) is 68.1 Å². The molecule has 3 rings (SSSR count). The Balaban J connectivity index is 1.59. The minimum Gasteiger partial charge on any atom is -0.459 e. The number of benzene rings is 1. The Labute approximate surface area is 149 Å². The van der Waals surface area contributed by atoms with Gasteiger partial charge in [0.25, 0.3) is 11.2 Å². The maximum Gasteiger partial charge on any atom is 0.316 e. The maximum absolute atomic E-state index is 11.8. The van der Waals surface area contributed by atoms with Crippen LogP contribution >= 0.6 is 23.1 Å². The molecule has 2 aromatic heterocycles. The van der Waals surface area contributed by atoms with E-state index in [1.165, 1.54) is 27.9 Å². The Hall–Kier alpha value is -2.72. The van der Waals surface area contributed by atoms with E-state index in [0.717, 1.165) is 11.8 Å². The molecule has 25 heavy (non-hydrogen) atoms. The normalized spacial score (nSPS) is 10.7. The lowest BCUT2D eigenvalue weighted by atomic mass is 10.3. The predicted molar refractivity (Wildman–Crippen MR) is 93.0 cm³/mol. The highest BCUT2D eigenvalue weighted by Gasteiger charge is 2.15. The highest BCUT2D eigenvalue weighted by Crippen LogP contribution is 2.28. The highest BCUT2D eigenvalue weighted by atomic mass is 32.2. The van der Waals surface area contributed by atoms with Crippen LogP contribution in [0.2, 0.25) is 0 Å². The summed E-state index contributed by atoms with van der Waals surface area (Å²) in [6.45, 7) is -0.125. The van der Waals surface area contributed by atoms with Crippen LogP contribution in [0.1, 0.15) is 5.69 Å². The Kier molecular flexibility index (Phi) is 5.10. The largest absolute Gasteiger partial charge is 0.459 e. The van der Waals surface area contributed by atoms with E-state index < -0.39 is 10.9 Å². The van der Waals surface area contributed by atoms with Crippen molar-refractivity contribution in [3.8, 4) is 0 Å². The van der Waals surface area contributed by atoms with Crippen LogP contribution in [0.5, 0.6) is 0 Å². The number of esters is 1. The fourth-order valence-electron chi connectivity index (χ4n) is 2.02. The van der Waals surface area contributed by atoms with Crippen molar-refractivity contribution < 1.29 is 14.5 Å². The second-order valence-corrected chi connectivity index (χ2v) is 6.71. The van der Waals surface area contributed by atoms with Gasteiger partial charge in [-0.25, -0.2) is 4.98 Å². The number of nitro groups is 1. The Morgan fingerprint density at radius 3 is 3.00 bits per heavy atom. The lowest BCUT2D eigenvalue weighted by molar-refractivity contribution is -0.387. The van der Waals surface area contributed by atoms with Crippen LogP contribution in [0, 0.1) is 10.1 Å². The van der Waals surface area contributed by atoms with Crippen molar-refractivity contribution >= 4 is 39.7 Å². The van der Waals surface area contributed by atoms with E-state index in [2.05, 4.69) is 4.98 Å². The van der Waals surface area contributed by atoms with Gasteiger partial charge in [0.2, 0.25) is 0 Å². The van der Waals surface area contributed by atoms with Crippen LogP contribution in [-0.4, -0.2) is 26.0 Å². The minimum atomic E-state index is -0.545. The lowest BCUT2D eigenvalue weighted by Gasteiger charge is -2.05. The molecule has 0 amide bonds. The molecular formula is C15H11N3O5S2. The second kappa shape index (κ2) is 7.45. The summed E-state index contributed by atoms with van der Waals surface area (Å²) in [6.07, 6.45) is 1.62. The van der Waals surface area contributed by atoms with Crippen molar-refractivity contribution in [1.82, 2.24) is 9.38 Å². The fraction of sp³-hybridized carbons (Fsp3) is 0.133. The monoisotopic (exact) mass is 377 g/mol. The molecule has 0 atom stereocenters. The molecule has 0 bridgehead atoms. The third-order valence-corrected chi connectivity index (χ3v) is 4.94. The Morgan fingerprint density at radius 1 is 1.40 bits per heavy atom. The molecule has 3 aromatic rings. The van der Waals surface area contributed by atoms with Crippen molar-refractivity contribution in [2.24, 2.45) is 0 Å². The quantitative estimate of drug-likeness (QED) is 0.281. The first-order valence-electron chi connectivity index (χ1n) is 7.02. The van der Waals surface area contributed by atoms with Crippen molar-refractivity contribution in [2.45, 2.75) is 11.5 Å². The summed E-state index contributed by atoms with van der Waals surface area (Å²) < 4.78 is 6.50. The van der Waals surface area contributed by atoms with Gasteiger partial charge in [-0.3, -0.25) is 24.1 Å². The van der Waals surface area contributed by atoms with Gasteiger partial charge in [0.1, 0.15) is 6.61 Å². The summed E-state index contributed by atoms with van der Waals surface area (Å²) in [5.74, 6) is -0.623. The number of ether oxygens (including phenoxy) is 1. The molecule has 0 fully saturated rings. The molecule has 128 valence electrons. The van der Waals surface area contributed by atoms with Crippen LogP contribution < -0.4 is 5.56 Å². The molecule has 8 nitrogen and oxygen atoms in total. The number of rotatable bonds is 6. The Morgan fingerprint density at radius 2 is 2.20 bits per heavy atom.